The van der Waals surface area contributed by atoms with Crippen molar-refractivity contribution >= 4 is 11.5 Å². The van der Waals surface area contributed by atoms with Crippen molar-refractivity contribution in [2.24, 2.45) is 0 Å². The Morgan fingerprint density at radius 2 is 1.83 bits per heavy atom. The predicted molar refractivity (Wildman–Crippen MR) is 94.6 cm³/mol. The van der Waals surface area contributed by atoms with Crippen LogP contribution in [-0.2, 0) is 0 Å². The summed E-state index contributed by atoms with van der Waals surface area (Å²) in [4.78, 5) is 8.17. The second kappa shape index (κ2) is 8.20. The van der Waals surface area contributed by atoms with Gasteiger partial charge in [0.15, 0.2) is 0 Å². The average Bonchev–Trinajstić information content (AvgIpc) is 3.03. The lowest BCUT2D eigenvalue weighted by molar-refractivity contribution is 0.309. The van der Waals surface area contributed by atoms with Crippen molar-refractivity contribution in [2.75, 3.05) is 25.5 Å². The van der Waals surface area contributed by atoms with Crippen LogP contribution < -0.4 is 4.90 Å². The first kappa shape index (κ1) is 18.3. The van der Waals surface area contributed by atoms with Gasteiger partial charge < -0.3 is 4.90 Å². The van der Waals surface area contributed by atoms with Gasteiger partial charge in [-0.2, -0.15) is 0 Å². The van der Waals surface area contributed by atoms with Crippen LogP contribution in [0.1, 0.15) is 38.3 Å². The van der Waals surface area contributed by atoms with E-state index in [1.165, 1.54) is 18.3 Å². The maximum absolute atomic E-state index is 14.2. The number of hydrogen-bond donors (Lipinski definition) is 0. The summed E-state index contributed by atoms with van der Waals surface area (Å²) in [6.07, 6.45) is 3.31. The molecule has 0 saturated carbocycles. The van der Waals surface area contributed by atoms with Crippen molar-refractivity contribution in [1.82, 2.24) is 9.88 Å². The van der Waals surface area contributed by atoms with E-state index in [1.54, 1.807) is 18.2 Å². The van der Waals surface area contributed by atoms with Gasteiger partial charge in [-0.25, -0.2) is 13.8 Å². The summed E-state index contributed by atoms with van der Waals surface area (Å²) < 4.78 is 27.2. The molecule has 0 amide bonds. The van der Waals surface area contributed by atoms with Crippen molar-refractivity contribution in [2.45, 2.75) is 32.7 Å². The molecule has 0 bridgehead atoms. The van der Waals surface area contributed by atoms with Crippen LogP contribution in [0.15, 0.2) is 36.5 Å². The van der Waals surface area contributed by atoms with Crippen LogP contribution in [0, 0.1) is 11.6 Å². The Hall–Kier alpha value is -2.01. The summed E-state index contributed by atoms with van der Waals surface area (Å²) >= 11 is 0. The molecule has 5 heteroatoms. The van der Waals surface area contributed by atoms with E-state index in [-0.39, 0.29) is 17.7 Å². The van der Waals surface area contributed by atoms with Gasteiger partial charge in [-0.05, 0) is 56.8 Å². The molecule has 130 valence electrons. The van der Waals surface area contributed by atoms with Crippen molar-refractivity contribution < 1.29 is 8.78 Å². The first-order chi connectivity index (χ1) is 11.6. The molecule has 1 atom stereocenters. The highest BCUT2D eigenvalue weighted by Crippen LogP contribution is 2.34. The van der Waals surface area contributed by atoms with E-state index in [0.717, 1.165) is 25.1 Å². The zero-order valence-electron chi connectivity index (χ0n) is 14.8. The van der Waals surface area contributed by atoms with Crippen LogP contribution in [-0.4, -0.2) is 30.5 Å². The zero-order chi connectivity index (χ0) is 17.7. The van der Waals surface area contributed by atoms with Crippen molar-refractivity contribution in [3.63, 3.8) is 0 Å². The van der Waals surface area contributed by atoms with Crippen LogP contribution in [0.2, 0.25) is 0 Å². The van der Waals surface area contributed by atoms with E-state index in [1.807, 2.05) is 32.8 Å². The maximum Gasteiger partial charge on any atom is 0.146 e. The van der Waals surface area contributed by atoms with E-state index in [2.05, 4.69) is 9.88 Å². The average molecular weight is 333 g/mol. The fraction of sp³-hybridized carbons (Fsp3) is 0.421. The second-order valence-electron chi connectivity index (χ2n) is 5.74. The number of halogens is 2. The quantitative estimate of drug-likeness (QED) is 0.795. The molecule has 1 aromatic carbocycles. The van der Waals surface area contributed by atoms with E-state index in [0.29, 0.717) is 11.4 Å². The molecular formula is C19H25F2N3. The van der Waals surface area contributed by atoms with Gasteiger partial charge in [-0.15, -0.1) is 0 Å². The molecule has 0 aliphatic carbocycles. The van der Waals surface area contributed by atoms with Crippen molar-refractivity contribution in [3.8, 4) is 0 Å². The fourth-order valence-electron chi connectivity index (χ4n) is 2.98. The highest BCUT2D eigenvalue weighted by molar-refractivity contribution is 5.59. The Bertz CT molecular complexity index is 658. The number of likely N-dealkylation sites (tertiary alicyclic amines) is 1. The van der Waals surface area contributed by atoms with Crippen LogP contribution in [0.3, 0.4) is 0 Å². The van der Waals surface area contributed by atoms with Gasteiger partial charge in [0.05, 0.1) is 6.20 Å². The van der Waals surface area contributed by atoms with Gasteiger partial charge in [0, 0.05) is 24.3 Å². The molecule has 24 heavy (non-hydrogen) atoms. The third-order valence-corrected chi connectivity index (χ3v) is 4.31. The minimum Gasteiger partial charge on any atom is -0.329 e. The third-order valence-electron chi connectivity index (χ3n) is 4.31. The molecule has 1 aliphatic rings. The van der Waals surface area contributed by atoms with Crippen molar-refractivity contribution in [1.29, 1.82) is 0 Å². The number of rotatable bonds is 3. The topological polar surface area (TPSA) is 19.4 Å². The molecule has 2 aromatic rings. The number of benzene rings is 1. The second-order valence-corrected chi connectivity index (χ2v) is 5.74. The number of pyridine rings is 1. The Labute approximate surface area is 142 Å². The standard InChI is InChI=1S/C17H19F2N3.C2H6/c1-21-9-3-4-16(21)14-10-17(20-11-15(14)19)22(2)13-7-5-12(18)6-8-13;1-2/h5-8,10-11,16H,3-4,9H2,1-2H3;1-2H3. The molecule has 0 spiro atoms. The predicted octanol–water partition coefficient (Wildman–Crippen LogP) is 4.92. The normalized spacial score (nSPS) is 17.3. The highest BCUT2D eigenvalue weighted by Gasteiger charge is 2.26. The van der Waals surface area contributed by atoms with Crippen LogP contribution >= 0.6 is 0 Å². The van der Waals surface area contributed by atoms with Crippen LogP contribution in [0.4, 0.5) is 20.3 Å². The molecule has 3 nitrogen and oxygen atoms in total. The zero-order valence-corrected chi connectivity index (χ0v) is 14.8. The smallest absolute Gasteiger partial charge is 0.146 e. The summed E-state index contributed by atoms with van der Waals surface area (Å²) in [5.74, 6) is 0.107. The molecule has 0 radical (unpaired) electrons. The van der Waals surface area contributed by atoms with E-state index in [4.69, 9.17) is 0 Å². The molecule has 1 unspecified atom stereocenters. The maximum atomic E-state index is 14.2. The van der Waals surface area contributed by atoms with Crippen LogP contribution in [0.25, 0.3) is 0 Å². The molecule has 1 aromatic heterocycles. The third kappa shape index (κ3) is 3.90. The van der Waals surface area contributed by atoms with Gasteiger partial charge in [0.25, 0.3) is 0 Å². The molecule has 1 saturated heterocycles. The lowest BCUT2D eigenvalue weighted by Crippen LogP contribution is -2.20. The molecule has 3 rings (SSSR count). The van der Waals surface area contributed by atoms with Crippen LogP contribution in [0.5, 0.6) is 0 Å². The molecule has 0 N–H and O–H groups in total. The molecule has 2 heterocycles. The highest BCUT2D eigenvalue weighted by atomic mass is 19.1. The number of aromatic nitrogens is 1. The Kier molecular flexibility index (Phi) is 6.26. The van der Waals surface area contributed by atoms with E-state index in [9.17, 15) is 8.78 Å². The number of nitrogens with zero attached hydrogens (tertiary/aromatic N) is 3. The number of anilines is 2. The molecule has 1 fully saturated rings. The van der Waals surface area contributed by atoms with Gasteiger partial charge in [0.2, 0.25) is 0 Å². The summed E-state index contributed by atoms with van der Waals surface area (Å²) in [5.41, 5.74) is 1.49. The SMILES string of the molecule is CC.CN(c1ccc(F)cc1)c1cc(C2CCCN2C)c(F)cn1. The largest absolute Gasteiger partial charge is 0.329 e. The Balaban J connectivity index is 0.00000100. The monoisotopic (exact) mass is 333 g/mol. The summed E-state index contributed by atoms with van der Waals surface area (Å²) in [6.45, 7) is 4.98. The summed E-state index contributed by atoms with van der Waals surface area (Å²) in [7, 11) is 3.86. The first-order valence-electron chi connectivity index (χ1n) is 8.41. The lowest BCUT2D eigenvalue weighted by atomic mass is 10.1. The van der Waals surface area contributed by atoms with Crippen molar-refractivity contribution in [3.05, 3.63) is 53.7 Å². The fourth-order valence-corrected chi connectivity index (χ4v) is 2.98. The molecule has 1 aliphatic heterocycles. The summed E-state index contributed by atoms with van der Waals surface area (Å²) in [5, 5.41) is 0. The van der Waals surface area contributed by atoms with E-state index < -0.39 is 0 Å². The van der Waals surface area contributed by atoms with E-state index >= 15 is 0 Å². The number of hydrogen-bond acceptors (Lipinski definition) is 3. The minimum atomic E-state index is -0.280. The lowest BCUT2D eigenvalue weighted by Gasteiger charge is -2.23. The molecular weight excluding hydrogens is 308 g/mol. The van der Waals surface area contributed by atoms with Gasteiger partial charge in [-0.3, -0.25) is 4.90 Å². The first-order valence-corrected chi connectivity index (χ1v) is 8.41. The van der Waals surface area contributed by atoms with Gasteiger partial charge in [0.1, 0.15) is 17.5 Å². The Morgan fingerprint density at radius 3 is 2.42 bits per heavy atom. The Morgan fingerprint density at radius 1 is 1.17 bits per heavy atom. The van der Waals surface area contributed by atoms with Gasteiger partial charge in [-0.1, -0.05) is 13.8 Å². The summed E-state index contributed by atoms with van der Waals surface area (Å²) in [6, 6.07) is 8.07. The minimum absolute atomic E-state index is 0.100. The van der Waals surface area contributed by atoms with Gasteiger partial charge >= 0.3 is 0 Å².